The van der Waals surface area contributed by atoms with E-state index < -0.39 is 29.6 Å². The Balaban J connectivity index is 2.08. The molecule has 0 aromatic heterocycles. The molecule has 2 aromatic carbocycles. The number of hydrogen-bond acceptors (Lipinski definition) is 2. The average Bonchev–Trinajstić information content (AvgIpc) is 3.10. The lowest BCUT2D eigenvalue weighted by Crippen LogP contribution is -2.35. The van der Waals surface area contributed by atoms with E-state index in [1.165, 1.54) is 18.2 Å². The third kappa shape index (κ3) is 4.37. The van der Waals surface area contributed by atoms with E-state index in [9.17, 15) is 18.0 Å². The highest BCUT2D eigenvalue weighted by Crippen LogP contribution is 2.39. The zero-order chi connectivity index (χ0) is 20.1. The predicted octanol–water partition coefficient (Wildman–Crippen LogP) is 4.55. The van der Waals surface area contributed by atoms with Crippen LogP contribution in [0.25, 0.3) is 0 Å². The van der Waals surface area contributed by atoms with Gasteiger partial charge in [-0.3, -0.25) is 4.79 Å². The van der Waals surface area contributed by atoms with Crippen LogP contribution in [0.15, 0.2) is 42.5 Å². The van der Waals surface area contributed by atoms with Crippen molar-refractivity contribution in [1.82, 2.24) is 4.90 Å². The summed E-state index contributed by atoms with van der Waals surface area (Å²) in [5.41, 5.74) is 1.03. The van der Waals surface area contributed by atoms with Gasteiger partial charge in [-0.1, -0.05) is 24.1 Å². The van der Waals surface area contributed by atoms with Gasteiger partial charge in [0.1, 0.15) is 18.5 Å². The first-order valence-electron chi connectivity index (χ1n) is 9.02. The molecule has 0 bridgehead atoms. The van der Waals surface area contributed by atoms with Crippen molar-refractivity contribution in [2.45, 2.75) is 31.9 Å². The molecule has 0 unspecified atom stereocenters. The van der Waals surface area contributed by atoms with Crippen molar-refractivity contribution >= 4 is 5.91 Å². The fourth-order valence-electron chi connectivity index (χ4n) is 3.40. The van der Waals surface area contributed by atoms with E-state index in [0.29, 0.717) is 30.5 Å². The molecule has 146 valence electrons. The smallest absolute Gasteiger partial charge is 0.223 e. The van der Waals surface area contributed by atoms with Gasteiger partial charge in [-0.2, -0.15) is 0 Å². The molecule has 0 spiro atoms. The van der Waals surface area contributed by atoms with Crippen LogP contribution in [0.3, 0.4) is 0 Å². The largest absolute Gasteiger partial charge is 0.358 e. The molecule has 3 nitrogen and oxygen atoms in total. The number of hydrogen-bond donors (Lipinski definition) is 0. The quantitative estimate of drug-likeness (QED) is 0.681. The molecule has 1 amide bonds. The molecule has 0 aliphatic carbocycles. The van der Waals surface area contributed by atoms with E-state index in [1.807, 2.05) is 0 Å². The molecule has 2 atom stereocenters. The topological polar surface area (TPSA) is 29.5 Å². The van der Waals surface area contributed by atoms with Crippen LogP contribution in [0, 0.1) is 29.3 Å². The van der Waals surface area contributed by atoms with Crippen LogP contribution in [0.1, 0.15) is 43.0 Å². The second kappa shape index (κ2) is 8.94. The fraction of sp³-hybridized carbons (Fsp3) is 0.318. The van der Waals surface area contributed by atoms with E-state index in [1.54, 1.807) is 24.0 Å². The summed E-state index contributed by atoms with van der Waals surface area (Å²) in [6, 6.07) is 8.67. The molecule has 1 aliphatic rings. The fourth-order valence-corrected chi connectivity index (χ4v) is 3.40. The van der Waals surface area contributed by atoms with Crippen molar-refractivity contribution in [3.63, 3.8) is 0 Å². The van der Waals surface area contributed by atoms with Gasteiger partial charge in [0.15, 0.2) is 11.6 Å². The Hall–Kier alpha value is -2.78. The van der Waals surface area contributed by atoms with Gasteiger partial charge in [0.05, 0.1) is 6.04 Å². The highest BCUT2D eigenvalue weighted by Gasteiger charge is 2.36. The summed E-state index contributed by atoms with van der Waals surface area (Å²) in [4.78, 5) is 14.1. The van der Waals surface area contributed by atoms with Crippen molar-refractivity contribution in [3.05, 3.63) is 71.0 Å². The monoisotopic (exact) mass is 387 g/mol. The van der Waals surface area contributed by atoms with Gasteiger partial charge in [0.25, 0.3) is 0 Å². The maximum atomic E-state index is 13.9. The van der Waals surface area contributed by atoms with E-state index >= 15 is 0 Å². The number of amides is 1. The zero-order valence-electron chi connectivity index (χ0n) is 15.4. The number of rotatable bonds is 6. The van der Waals surface area contributed by atoms with Crippen LogP contribution in [-0.2, 0) is 9.53 Å². The lowest BCUT2D eigenvalue weighted by atomic mass is 9.94. The van der Waals surface area contributed by atoms with Gasteiger partial charge < -0.3 is 9.64 Å². The molecule has 1 heterocycles. The summed E-state index contributed by atoms with van der Waals surface area (Å²) >= 11 is 0. The summed E-state index contributed by atoms with van der Waals surface area (Å²) in [6.45, 7) is 2.22. The maximum absolute atomic E-state index is 13.9. The summed E-state index contributed by atoms with van der Waals surface area (Å²) < 4.78 is 46.7. The predicted molar refractivity (Wildman–Crippen MR) is 98.6 cm³/mol. The van der Waals surface area contributed by atoms with Gasteiger partial charge in [-0.15, -0.1) is 5.92 Å². The van der Waals surface area contributed by atoms with E-state index in [2.05, 4.69) is 11.8 Å². The van der Waals surface area contributed by atoms with Gasteiger partial charge in [0.2, 0.25) is 5.91 Å². The Labute approximate surface area is 162 Å². The molecule has 1 saturated heterocycles. The molecule has 2 aromatic rings. The van der Waals surface area contributed by atoms with Crippen molar-refractivity contribution in [1.29, 1.82) is 0 Å². The highest BCUT2D eigenvalue weighted by atomic mass is 19.2. The van der Waals surface area contributed by atoms with Crippen LogP contribution < -0.4 is 0 Å². The minimum absolute atomic E-state index is 0.0554. The van der Waals surface area contributed by atoms with E-state index in [0.717, 1.165) is 12.1 Å². The first kappa shape index (κ1) is 20.0. The molecule has 28 heavy (non-hydrogen) atoms. The molecule has 3 rings (SSSR count). The van der Waals surface area contributed by atoms with Crippen molar-refractivity contribution in [2.75, 3.05) is 13.2 Å². The molecule has 0 saturated carbocycles. The Morgan fingerprint density at radius 2 is 1.79 bits per heavy atom. The van der Waals surface area contributed by atoms with Crippen molar-refractivity contribution in [2.24, 2.45) is 0 Å². The lowest BCUT2D eigenvalue weighted by molar-refractivity contribution is -0.133. The van der Waals surface area contributed by atoms with Crippen LogP contribution in [-0.4, -0.2) is 24.0 Å². The molecule has 0 N–H and O–H groups in total. The number of carbonyl (C=O) groups excluding carboxylic acids is 1. The number of likely N-dealkylation sites (tertiary alicyclic amines) is 1. The minimum Gasteiger partial charge on any atom is -0.358 e. The van der Waals surface area contributed by atoms with Gasteiger partial charge in [-0.25, -0.2) is 13.2 Å². The third-order valence-corrected chi connectivity index (χ3v) is 4.73. The molecular weight excluding hydrogens is 367 g/mol. The van der Waals surface area contributed by atoms with Crippen LogP contribution >= 0.6 is 0 Å². The maximum Gasteiger partial charge on any atom is 0.223 e. The number of halogens is 3. The van der Waals surface area contributed by atoms with Crippen LogP contribution in [0.4, 0.5) is 13.2 Å². The van der Waals surface area contributed by atoms with Crippen LogP contribution in [0.5, 0.6) is 0 Å². The van der Waals surface area contributed by atoms with Gasteiger partial charge in [-0.05, 0) is 48.7 Å². The minimum atomic E-state index is -1.00. The van der Waals surface area contributed by atoms with Gasteiger partial charge in [0, 0.05) is 13.0 Å². The highest BCUT2D eigenvalue weighted by molar-refractivity contribution is 5.78. The van der Waals surface area contributed by atoms with Crippen molar-refractivity contribution < 1.29 is 22.7 Å². The SMILES string of the molecule is CC#CCO[C@@H](c1ccc(F)c(F)c1)[C@@H](c1ccc(F)cc1)N1CCCC1=O. The standard InChI is InChI=1S/C22H20F3NO2/c1-2-3-13-28-22(16-8-11-18(24)19(25)14-16)21(26-12-4-5-20(26)27)15-6-9-17(23)10-7-15/h6-11,14,21-22H,4-5,12-13H2,1H3/t21-,22+/m1/s1. The number of benzene rings is 2. The second-order valence-electron chi connectivity index (χ2n) is 6.52. The van der Waals surface area contributed by atoms with Gasteiger partial charge >= 0.3 is 0 Å². The number of nitrogens with zero attached hydrogens (tertiary/aromatic N) is 1. The van der Waals surface area contributed by atoms with E-state index in [-0.39, 0.29) is 12.5 Å². The lowest BCUT2D eigenvalue weighted by Gasteiger charge is -2.35. The zero-order valence-corrected chi connectivity index (χ0v) is 15.4. The molecule has 1 fully saturated rings. The average molecular weight is 387 g/mol. The first-order chi connectivity index (χ1) is 13.5. The first-order valence-corrected chi connectivity index (χ1v) is 9.02. The Bertz CT molecular complexity index is 902. The number of carbonyl (C=O) groups is 1. The van der Waals surface area contributed by atoms with E-state index in [4.69, 9.17) is 4.74 Å². The summed E-state index contributed by atoms with van der Waals surface area (Å²) in [5.74, 6) is 3.07. The van der Waals surface area contributed by atoms with Crippen molar-refractivity contribution in [3.8, 4) is 11.8 Å². The third-order valence-electron chi connectivity index (χ3n) is 4.73. The Morgan fingerprint density at radius 1 is 1.07 bits per heavy atom. The molecule has 0 radical (unpaired) electrons. The Morgan fingerprint density at radius 3 is 2.39 bits per heavy atom. The Kier molecular flexibility index (Phi) is 6.37. The second-order valence-corrected chi connectivity index (χ2v) is 6.52. The summed E-state index contributed by atoms with van der Waals surface area (Å²) in [6.07, 6.45) is 0.302. The summed E-state index contributed by atoms with van der Waals surface area (Å²) in [5, 5.41) is 0. The molecule has 1 aliphatic heterocycles. The van der Waals surface area contributed by atoms with Crippen LogP contribution in [0.2, 0.25) is 0 Å². The number of ether oxygens (including phenoxy) is 1. The normalized spacial score (nSPS) is 15.9. The molecule has 6 heteroatoms. The molecular formula is C22H20F3NO2. The summed E-state index contributed by atoms with van der Waals surface area (Å²) in [7, 11) is 0.